The molecule has 0 radical (unpaired) electrons. The summed E-state index contributed by atoms with van der Waals surface area (Å²) >= 11 is 0. The highest BCUT2D eigenvalue weighted by Gasteiger charge is 2.16. The number of benzene rings is 1. The fraction of sp³-hybridized carbons (Fsp3) is 0.455. The lowest BCUT2D eigenvalue weighted by atomic mass is 9.94. The molecule has 0 unspecified atom stereocenters. The molecule has 0 aliphatic rings. The second-order valence-corrected chi connectivity index (χ2v) is 4.35. The number of phenols is 1. The van der Waals surface area contributed by atoms with E-state index >= 15 is 0 Å². The van der Waals surface area contributed by atoms with Gasteiger partial charge < -0.3 is 10.8 Å². The molecule has 0 spiro atoms. The SMILES string of the molecule is CC(C)(N)Cc1cc(C(F)F)ccc1O. The van der Waals surface area contributed by atoms with Gasteiger partial charge in [-0.25, -0.2) is 8.78 Å². The first-order chi connectivity index (χ1) is 6.79. The molecular weight excluding hydrogens is 200 g/mol. The van der Waals surface area contributed by atoms with Crippen LogP contribution in [0.15, 0.2) is 18.2 Å². The maximum Gasteiger partial charge on any atom is 0.263 e. The van der Waals surface area contributed by atoms with Crippen LogP contribution < -0.4 is 5.73 Å². The number of alkyl halides is 2. The Morgan fingerprint density at radius 1 is 1.40 bits per heavy atom. The van der Waals surface area contributed by atoms with Crippen LogP contribution in [0.4, 0.5) is 8.78 Å². The van der Waals surface area contributed by atoms with E-state index in [0.29, 0.717) is 12.0 Å². The Labute approximate surface area is 87.7 Å². The van der Waals surface area contributed by atoms with Crippen LogP contribution in [0.25, 0.3) is 0 Å². The van der Waals surface area contributed by atoms with Gasteiger partial charge in [0.05, 0.1) is 0 Å². The standard InChI is InChI=1S/C11H15F2NO/c1-11(2,14)6-8-5-7(10(12)13)3-4-9(8)15/h3-5,10,15H,6,14H2,1-2H3. The van der Waals surface area contributed by atoms with Crippen molar-refractivity contribution in [2.75, 3.05) is 0 Å². The van der Waals surface area contributed by atoms with E-state index in [9.17, 15) is 13.9 Å². The van der Waals surface area contributed by atoms with Gasteiger partial charge in [-0.1, -0.05) is 0 Å². The molecule has 0 saturated carbocycles. The van der Waals surface area contributed by atoms with E-state index in [1.54, 1.807) is 13.8 Å². The van der Waals surface area contributed by atoms with Crippen molar-refractivity contribution >= 4 is 0 Å². The number of halogens is 2. The molecule has 0 fully saturated rings. The van der Waals surface area contributed by atoms with Crippen molar-refractivity contribution in [2.24, 2.45) is 5.73 Å². The van der Waals surface area contributed by atoms with E-state index in [1.165, 1.54) is 18.2 Å². The fourth-order valence-corrected chi connectivity index (χ4v) is 1.37. The first kappa shape index (κ1) is 11.9. The molecule has 3 N–H and O–H groups in total. The maximum atomic E-state index is 12.4. The molecular formula is C11H15F2NO. The monoisotopic (exact) mass is 215 g/mol. The van der Waals surface area contributed by atoms with Gasteiger partial charge in [-0.05, 0) is 44.0 Å². The minimum Gasteiger partial charge on any atom is -0.508 e. The van der Waals surface area contributed by atoms with Crippen LogP contribution in [-0.4, -0.2) is 10.6 Å². The average Bonchev–Trinajstić information content (AvgIpc) is 2.06. The molecule has 1 rings (SSSR count). The fourth-order valence-electron chi connectivity index (χ4n) is 1.37. The van der Waals surface area contributed by atoms with Gasteiger partial charge in [0.1, 0.15) is 5.75 Å². The van der Waals surface area contributed by atoms with Crippen molar-refractivity contribution in [3.63, 3.8) is 0 Å². The largest absolute Gasteiger partial charge is 0.508 e. The Balaban J connectivity index is 3.01. The molecule has 4 heteroatoms. The lowest BCUT2D eigenvalue weighted by molar-refractivity contribution is 0.151. The Morgan fingerprint density at radius 2 is 2.00 bits per heavy atom. The summed E-state index contributed by atoms with van der Waals surface area (Å²) in [6.45, 7) is 3.56. The number of hydrogen-bond donors (Lipinski definition) is 2. The molecule has 0 heterocycles. The normalized spacial score (nSPS) is 12.1. The third kappa shape index (κ3) is 3.47. The van der Waals surface area contributed by atoms with Gasteiger partial charge in [0.2, 0.25) is 0 Å². The van der Waals surface area contributed by atoms with Gasteiger partial charge >= 0.3 is 0 Å². The van der Waals surface area contributed by atoms with E-state index in [2.05, 4.69) is 0 Å². The predicted molar refractivity (Wildman–Crippen MR) is 55.0 cm³/mol. The molecule has 0 saturated heterocycles. The predicted octanol–water partition coefficient (Wildman–Crippen LogP) is 2.61. The molecule has 15 heavy (non-hydrogen) atoms. The number of hydrogen-bond acceptors (Lipinski definition) is 2. The molecule has 0 bridgehead atoms. The molecule has 2 nitrogen and oxygen atoms in total. The van der Waals surface area contributed by atoms with Gasteiger partial charge in [-0.3, -0.25) is 0 Å². The van der Waals surface area contributed by atoms with Crippen LogP contribution in [0.3, 0.4) is 0 Å². The zero-order chi connectivity index (χ0) is 11.6. The zero-order valence-electron chi connectivity index (χ0n) is 8.80. The van der Waals surface area contributed by atoms with Gasteiger partial charge in [-0.2, -0.15) is 0 Å². The smallest absolute Gasteiger partial charge is 0.263 e. The first-order valence-corrected chi connectivity index (χ1v) is 4.68. The molecule has 1 aromatic carbocycles. The highest BCUT2D eigenvalue weighted by atomic mass is 19.3. The highest BCUT2D eigenvalue weighted by molar-refractivity contribution is 5.37. The van der Waals surface area contributed by atoms with Crippen LogP contribution in [0, 0.1) is 0 Å². The number of aromatic hydroxyl groups is 1. The molecule has 1 aromatic rings. The summed E-state index contributed by atoms with van der Waals surface area (Å²) in [7, 11) is 0. The highest BCUT2D eigenvalue weighted by Crippen LogP contribution is 2.27. The molecule has 0 amide bonds. The van der Waals surface area contributed by atoms with Crippen molar-refractivity contribution in [2.45, 2.75) is 32.2 Å². The van der Waals surface area contributed by atoms with Crippen LogP contribution in [0.1, 0.15) is 31.4 Å². The van der Waals surface area contributed by atoms with Crippen LogP contribution in [-0.2, 0) is 6.42 Å². The maximum absolute atomic E-state index is 12.4. The van der Waals surface area contributed by atoms with Crippen molar-refractivity contribution in [3.8, 4) is 5.75 Å². The summed E-state index contributed by atoms with van der Waals surface area (Å²) in [6.07, 6.45) is -2.16. The quantitative estimate of drug-likeness (QED) is 0.814. The number of rotatable bonds is 3. The molecule has 0 aliphatic heterocycles. The van der Waals surface area contributed by atoms with Gasteiger partial charge in [0, 0.05) is 11.1 Å². The summed E-state index contributed by atoms with van der Waals surface area (Å²) in [5.74, 6) is 0.0120. The lowest BCUT2D eigenvalue weighted by Crippen LogP contribution is -2.34. The minimum absolute atomic E-state index is 0.0120. The number of nitrogens with two attached hydrogens (primary N) is 1. The van der Waals surface area contributed by atoms with E-state index in [0.717, 1.165) is 0 Å². The Morgan fingerprint density at radius 3 is 2.47 bits per heavy atom. The molecule has 0 atom stereocenters. The van der Waals surface area contributed by atoms with Crippen LogP contribution >= 0.6 is 0 Å². The minimum atomic E-state index is -2.52. The van der Waals surface area contributed by atoms with E-state index < -0.39 is 12.0 Å². The first-order valence-electron chi connectivity index (χ1n) is 4.68. The van der Waals surface area contributed by atoms with Crippen molar-refractivity contribution in [3.05, 3.63) is 29.3 Å². The van der Waals surface area contributed by atoms with E-state index in [4.69, 9.17) is 5.73 Å². The summed E-state index contributed by atoms with van der Waals surface area (Å²) < 4.78 is 24.8. The van der Waals surface area contributed by atoms with Crippen molar-refractivity contribution in [1.29, 1.82) is 0 Å². The van der Waals surface area contributed by atoms with E-state index in [-0.39, 0.29) is 11.3 Å². The molecule has 84 valence electrons. The third-order valence-electron chi connectivity index (χ3n) is 2.00. The Kier molecular flexibility index (Phi) is 3.29. The molecule has 0 aromatic heterocycles. The summed E-state index contributed by atoms with van der Waals surface area (Å²) in [4.78, 5) is 0. The van der Waals surface area contributed by atoms with Gasteiger partial charge in [0.25, 0.3) is 6.43 Å². The molecule has 0 aliphatic carbocycles. The van der Waals surface area contributed by atoms with E-state index in [1.807, 2.05) is 0 Å². The average molecular weight is 215 g/mol. The topological polar surface area (TPSA) is 46.2 Å². The summed E-state index contributed by atoms with van der Waals surface area (Å²) in [5.41, 5.74) is 5.60. The van der Waals surface area contributed by atoms with Crippen molar-refractivity contribution in [1.82, 2.24) is 0 Å². The second-order valence-electron chi connectivity index (χ2n) is 4.35. The Hall–Kier alpha value is -1.16. The zero-order valence-corrected chi connectivity index (χ0v) is 8.80. The van der Waals surface area contributed by atoms with Crippen molar-refractivity contribution < 1.29 is 13.9 Å². The van der Waals surface area contributed by atoms with Crippen LogP contribution in [0.2, 0.25) is 0 Å². The second kappa shape index (κ2) is 4.14. The lowest BCUT2D eigenvalue weighted by Gasteiger charge is -2.19. The Bertz CT molecular complexity index is 345. The van der Waals surface area contributed by atoms with Crippen LogP contribution in [0.5, 0.6) is 5.75 Å². The third-order valence-corrected chi connectivity index (χ3v) is 2.00. The summed E-state index contributed by atoms with van der Waals surface area (Å²) in [5, 5.41) is 9.48. The summed E-state index contributed by atoms with van der Waals surface area (Å²) in [6, 6.07) is 3.80. The van der Waals surface area contributed by atoms with Gasteiger partial charge in [0.15, 0.2) is 0 Å². The number of phenolic OH excluding ortho intramolecular Hbond substituents is 1. The van der Waals surface area contributed by atoms with Gasteiger partial charge in [-0.15, -0.1) is 0 Å².